The quantitative estimate of drug-likeness (QED) is 0.796. The van der Waals surface area contributed by atoms with Gasteiger partial charge in [0.15, 0.2) is 5.78 Å². The van der Waals surface area contributed by atoms with E-state index >= 15 is 0 Å². The standard InChI is InChI=1S/C21H22N2O4/c1-3-27-19-7-5-4-6-18(19)23-13-16(12-20(23)25)21(26)22-17-10-8-15(9-11-17)14(2)24/h4-11,16H,3,12-13H2,1-2H3,(H,22,26)/t16-/m0/s1. The number of benzene rings is 2. The largest absolute Gasteiger partial charge is 0.492 e. The lowest BCUT2D eigenvalue weighted by molar-refractivity contribution is -0.122. The lowest BCUT2D eigenvalue weighted by Crippen LogP contribution is -2.28. The van der Waals surface area contributed by atoms with Crippen molar-refractivity contribution in [2.45, 2.75) is 20.3 Å². The van der Waals surface area contributed by atoms with Gasteiger partial charge >= 0.3 is 0 Å². The van der Waals surface area contributed by atoms with Crippen LogP contribution in [0.25, 0.3) is 0 Å². The van der Waals surface area contributed by atoms with Gasteiger partial charge in [-0.3, -0.25) is 14.4 Å². The highest BCUT2D eigenvalue weighted by atomic mass is 16.5. The second-order valence-electron chi connectivity index (χ2n) is 6.43. The molecule has 0 aliphatic carbocycles. The molecule has 1 heterocycles. The molecule has 0 aromatic heterocycles. The molecule has 1 aliphatic heterocycles. The number of carbonyl (C=O) groups excluding carboxylic acids is 3. The smallest absolute Gasteiger partial charge is 0.229 e. The maximum absolute atomic E-state index is 12.6. The van der Waals surface area contributed by atoms with Gasteiger partial charge in [0.2, 0.25) is 11.8 Å². The summed E-state index contributed by atoms with van der Waals surface area (Å²) in [6, 6.07) is 14.0. The van der Waals surface area contributed by atoms with Crippen LogP contribution in [0.3, 0.4) is 0 Å². The predicted octanol–water partition coefficient (Wildman–Crippen LogP) is 3.28. The number of nitrogens with zero attached hydrogens (tertiary/aromatic N) is 1. The molecule has 1 aliphatic rings. The van der Waals surface area contributed by atoms with Gasteiger partial charge in [-0.2, -0.15) is 0 Å². The molecule has 0 saturated carbocycles. The fourth-order valence-electron chi connectivity index (χ4n) is 3.11. The summed E-state index contributed by atoms with van der Waals surface area (Å²) in [5.41, 5.74) is 1.87. The first-order valence-corrected chi connectivity index (χ1v) is 8.93. The molecule has 1 saturated heterocycles. The fraction of sp³-hybridized carbons (Fsp3) is 0.286. The molecule has 2 aromatic carbocycles. The number of anilines is 2. The van der Waals surface area contributed by atoms with Crippen LogP contribution in [0.5, 0.6) is 5.75 Å². The van der Waals surface area contributed by atoms with Gasteiger partial charge in [0.25, 0.3) is 0 Å². The summed E-state index contributed by atoms with van der Waals surface area (Å²) >= 11 is 0. The van der Waals surface area contributed by atoms with Crippen LogP contribution in [0.15, 0.2) is 48.5 Å². The number of para-hydroxylation sites is 2. The number of ketones is 1. The summed E-state index contributed by atoms with van der Waals surface area (Å²) in [6.45, 7) is 4.18. The Labute approximate surface area is 158 Å². The first-order valence-electron chi connectivity index (χ1n) is 8.93. The lowest BCUT2D eigenvalue weighted by atomic mass is 10.1. The number of amides is 2. The van der Waals surface area contributed by atoms with Gasteiger partial charge in [-0.1, -0.05) is 12.1 Å². The third kappa shape index (κ3) is 4.16. The lowest BCUT2D eigenvalue weighted by Gasteiger charge is -2.20. The summed E-state index contributed by atoms with van der Waals surface area (Å²) in [5, 5.41) is 2.82. The minimum Gasteiger partial charge on any atom is -0.492 e. The van der Waals surface area contributed by atoms with Gasteiger partial charge in [-0.25, -0.2) is 0 Å². The molecule has 6 nitrogen and oxygen atoms in total. The van der Waals surface area contributed by atoms with E-state index in [1.807, 2.05) is 31.2 Å². The molecular formula is C21H22N2O4. The molecule has 140 valence electrons. The van der Waals surface area contributed by atoms with Crippen molar-refractivity contribution in [3.8, 4) is 5.75 Å². The van der Waals surface area contributed by atoms with Crippen LogP contribution >= 0.6 is 0 Å². The van der Waals surface area contributed by atoms with E-state index in [9.17, 15) is 14.4 Å². The van der Waals surface area contributed by atoms with Crippen molar-refractivity contribution in [2.24, 2.45) is 5.92 Å². The van der Waals surface area contributed by atoms with E-state index in [4.69, 9.17) is 4.74 Å². The highest BCUT2D eigenvalue weighted by Gasteiger charge is 2.36. The van der Waals surface area contributed by atoms with Gasteiger partial charge in [-0.15, -0.1) is 0 Å². The zero-order valence-electron chi connectivity index (χ0n) is 15.4. The van der Waals surface area contributed by atoms with E-state index < -0.39 is 5.92 Å². The summed E-state index contributed by atoms with van der Waals surface area (Å²) < 4.78 is 5.60. The first kappa shape index (κ1) is 18.6. The van der Waals surface area contributed by atoms with Crippen LogP contribution in [-0.2, 0) is 9.59 Å². The van der Waals surface area contributed by atoms with E-state index in [1.165, 1.54) is 6.92 Å². The maximum Gasteiger partial charge on any atom is 0.229 e. The van der Waals surface area contributed by atoms with E-state index in [0.29, 0.717) is 35.8 Å². The number of hydrogen-bond donors (Lipinski definition) is 1. The topological polar surface area (TPSA) is 75.7 Å². The van der Waals surface area contributed by atoms with E-state index in [2.05, 4.69) is 5.32 Å². The normalized spacial score (nSPS) is 16.3. The van der Waals surface area contributed by atoms with Gasteiger partial charge in [-0.05, 0) is 50.2 Å². The molecule has 0 radical (unpaired) electrons. The van der Waals surface area contributed by atoms with Crippen molar-refractivity contribution >= 4 is 29.0 Å². The summed E-state index contributed by atoms with van der Waals surface area (Å²) in [4.78, 5) is 38.0. The molecule has 2 amide bonds. The van der Waals surface area contributed by atoms with Crippen molar-refractivity contribution in [1.29, 1.82) is 0 Å². The SMILES string of the molecule is CCOc1ccccc1N1C[C@@H](C(=O)Nc2ccc(C(C)=O)cc2)CC1=O. The average Bonchev–Trinajstić information content (AvgIpc) is 3.05. The maximum atomic E-state index is 12.6. The molecule has 6 heteroatoms. The Kier molecular flexibility index (Phi) is 5.54. The van der Waals surface area contributed by atoms with Crippen molar-refractivity contribution in [2.75, 3.05) is 23.4 Å². The van der Waals surface area contributed by atoms with Crippen LogP contribution in [-0.4, -0.2) is 30.7 Å². The van der Waals surface area contributed by atoms with Crippen molar-refractivity contribution in [1.82, 2.24) is 0 Å². The Balaban J connectivity index is 1.70. The second-order valence-corrected chi connectivity index (χ2v) is 6.43. The molecule has 1 atom stereocenters. The number of rotatable bonds is 6. The van der Waals surface area contributed by atoms with E-state index in [-0.39, 0.29) is 24.0 Å². The Bertz CT molecular complexity index is 861. The van der Waals surface area contributed by atoms with Crippen molar-refractivity contribution < 1.29 is 19.1 Å². The zero-order chi connectivity index (χ0) is 19.4. The molecule has 3 rings (SSSR count). The first-order chi connectivity index (χ1) is 13.0. The minimum atomic E-state index is -0.445. The summed E-state index contributed by atoms with van der Waals surface area (Å²) in [5.74, 6) is -0.156. The highest BCUT2D eigenvalue weighted by Crippen LogP contribution is 2.33. The molecule has 1 N–H and O–H groups in total. The van der Waals surface area contributed by atoms with Crippen molar-refractivity contribution in [3.63, 3.8) is 0 Å². The Hall–Kier alpha value is -3.15. The van der Waals surface area contributed by atoms with Crippen LogP contribution in [0.1, 0.15) is 30.6 Å². The fourth-order valence-corrected chi connectivity index (χ4v) is 3.11. The van der Waals surface area contributed by atoms with Crippen LogP contribution < -0.4 is 15.0 Å². The van der Waals surface area contributed by atoms with Crippen LogP contribution in [0.2, 0.25) is 0 Å². The summed E-state index contributed by atoms with van der Waals surface area (Å²) in [6.07, 6.45) is 0.151. The zero-order valence-corrected chi connectivity index (χ0v) is 15.4. The van der Waals surface area contributed by atoms with Crippen molar-refractivity contribution in [3.05, 3.63) is 54.1 Å². The van der Waals surface area contributed by atoms with Gasteiger partial charge < -0.3 is 15.0 Å². The molecule has 1 fully saturated rings. The van der Waals surface area contributed by atoms with Gasteiger partial charge in [0.05, 0.1) is 18.2 Å². The Morgan fingerprint density at radius 3 is 2.52 bits per heavy atom. The molecule has 27 heavy (non-hydrogen) atoms. The van der Waals surface area contributed by atoms with E-state index in [1.54, 1.807) is 29.2 Å². The third-order valence-electron chi connectivity index (χ3n) is 4.51. The molecule has 2 aromatic rings. The average molecular weight is 366 g/mol. The molecular weight excluding hydrogens is 344 g/mol. The second kappa shape index (κ2) is 8.03. The van der Waals surface area contributed by atoms with Gasteiger partial charge in [0.1, 0.15) is 5.75 Å². The number of nitrogens with one attached hydrogen (secondary N) is 1. The number of ether oxygens (including phenoxy) is 1. The van der Waals surface area contributed by atoms with Crippen LogP contribution in [0.4, 0.5) is 11.4 Å². The third-order valence-corrected chi connectivity index (χ3v) is 4.51. The number of carbonyl (C=O) groups is 3. The molecule has 0 bridgehead atoms. The number of hydrogen-bond acceptors (Lipinski definition) is 4. The molecule has 0 spiro atoms. The number of Topliss-reactive ketones (excluding diaryl/α,β-unsaturated/α-hetero) is 1. The van der Waals surface area contributed by atoms with E-state index in [0.717, 1.165) is 0 Å². The molecule has 0 unspecified atom stereocenters. The monoisotopic (exact) mass is 366 g/mol. The predicted molar refractivity (Wildman–Crippen MR) is 103 cm³/mol. The Morgan fingerprint density at radius 1 is 1.15 bits per heavy atom. The minimum absolute atomic E-state index is 0.0297. The highest BCUT2D eigenvalue weighted by molar-refractivity contribution is 6.04. The summed E-state index contributed by atoms with van der Waals surface area (Å²) in [7, 11) is 0. The van der Waals surface area contributed by atoms with Gasteiger partial charge in [0, 0.05) is 24.2 Å². The Morgan fingerprint density at radius 2 is 1.85 bits per heavy atom. The van der Waals surface area contributed by atoms with Crippen LogP contribution in [0, 0.1) is 5.92 Å².